The first kappa shape index (κ1) is 22.1. The van der Waals surface area contributed by atoms with Crippen molar-refractivity contribution in [2.24, 2.45) is 32.5 Å². The Kier molecular flexibility index (Phi) is 4.17. The lowest BCUT2D eigenvalue weighted by Gasteiger charge is -2.46. The van der Waals surface area contributed by atoms with Crippen LogP contribution in [0, 0.1) is 32.5 Å². The lowest BCUT2D eigenvalue weighted by molar-refractivity contribution is -0.156. The quantitative estimate of drug-likeness (QED) is 0.658. The minimum absolute atomic E-state index is 0.104. The van der Waals surface area contributed by atoms with E-state index in [4.69, 9.17) is 0 Å². The average Bonchev–Trinajstić information content (AvgIpc) is 3.21. The van der Waals surface area contributed by atoms with Crippen molar-refractivity contribution in [1.82, 2.24) is 9.80 Å². The fourth-order valence-electron chi connectivity index (χ4n) is 8.38. The van der Waals surface area contributed by atoms with Crippen molar-refractivity contribution in [3.8, 4) is 0 Å². The smallest absolute Gasteiger partial charge is 0.229 e. The van der Waals surface area contributed by atoms with Crippen LogP contribution in [0.2, 0.25) is 0 Å². The van der Waals surface area contributed by atoms with E-state index in [1.807, 2.05) is 23.6 Å². The van der Waals surface area contributed by atoms with Crippen molar-refractivity contribution in [2.45, 2.75) is 80.1 Å². The Hall–Kier alpha value is -1.72. The molecule has 6 heteroatoms. The van der Waals surface area contributed by atoms with E-state index in [1.165, 1.54) is 0 Å². The van der Waals surface area contributed by atoms with E-state index < -0.39 is 21.7 Å². The van der Waals surface area contributed by atoms with Crippen LogP contribution in [0.25, 0.3) is 0 Å². The maximum Gasteiger partial charge on any atom is 0.229 e. The SMILES string of the molecule is CC12CCC(C(=O)N3CCN(C(=O)C45CCC(C)(C(=O)C4)C5(C)C)CC3)(CC1=O)C2(C)C. The van der Waals surface area contributed by atoms with Crippen LogP contribution >= 0.6 is 0 Å². The summed E-state index contributed by atoms with van der Waals surface area (Å²) >= 11 is 0. The zero-order valence-corrected chi connectivity index (χ0v) is 20.6. The molecule has 5 rings (SSSR count). The lowest BCUT2D eigenvalue weighted by atomic mass is 9.64. The Morgan fingerprint density at radius 1 is 0.594 bits per heavy atom. The van der Waals surface area contributed by atoms with Gasteiger partial charge >= 0.3 is 0 Å². The molecule has 4 aliphatic carbocycles. The molecule has 0 N–H and O–H groups in total. The van der Waals surface area contributed by atoms with E-state index in [1.54, 1.807) is 0 Å². The number of fused-ring (bicyclic) bond motifs is 4. The second kappa shape index (κ2) is 6.04. The summed E-state index contributed by atoms with van der Waals surface area (Å²) in [6.45, 7) is 14.5. The van der Waals surface area contributed by atoms with E-state index in [-0.39, 0.29) is 34.2 Å². The molecule has 0 aromatic heterocycles. The van der Waals surface area contributed by atoms with Crippen LogP contribution in [0.1, 0.15) is 80.1 Å². The van der Waals surface area contributed by atoms with Crippen molar-refractivity contribution in [2.75, 3.05) is 26.2 Å². The van der Waals surface area contributed by atoms with Gasteiger partial charge in [-0.25, -0.2) is 0 Å². The standard InChI is InChI=1S/C26H38N2O4/c1-21(2)23(5)7-9-25(21,15-17(23)29)19(31)27-11-13-28(14-12-27)20(32)26-10-8-24(6,18(30)16-26)22(26,3)4/h7-16H2,1-6H3. The maximum atomic E-state index is 13.8. The van der Waals surface area contributed by atoms with Gasteiger partial charge in [0.15, 0.2) is 0 Å². The van der Waals surface area contributed by atoms with E-state index in [9.17, 15) is 19.2 Å². The second-order valence-electron chi connectivity index (χ2n) is 12.9. The topological polar surface area (TPSA) is 74.8 Å². The Morgan fingerprint density at radius 3 is 1.12 bits per heavy atom. The molecule has 32 heavy (non-hydrogen) atoms. The molecule has 1 saturated heterocycles. The highest BCUT2D eigenvalue weighted by Crippen LogP contribution is 2.72. The van der Waals surface area contributed by atoms with Crippen LogP contribution in [0.3, 0.4) is 0 Å². The first-order chi connectivity index (χ1) is 14.7. The van der Waals surface area contributed by atoms with Crippen LogP contribution in [-0.2, 0) is 19.2 Å². The number of carbonyl (C=O) groups excluding carboxylic acids is 4. The number of ketones is 2. The van der Waals surface area contributed by atoms with Gasteiger partial charge in [0.1, 0.15) is 11.6 Å². The minimum atomic E-state index is -0.600. The van der Waals surface area contributed by atoms with Gasteiger partial charge in [-0.15, -0.1) is 0 Å². The molecule has 0 aromatic rings. The summed E-state index contributed by atoms with van der Waals surface area (Å²) in [5.74, 6) is 0.666. The predicted molar refractivity (Wildman–Crippen MR) is 120 cm³/mol. The molecule has 0 radical (unpaired) electrons. The van der Waals surface area contributed by atoms with Crippen molar-refractivity contribution in [3.05, 3.63) is 0 Å². The van der Waals surface area contributed by atoms with Gasteiger partial charge in [0.05, 0.1) is 10.8 Å². The Labute approximate surface area is 191 Å². The third-order valence-electron chi connectivity index (χ3n) is 12.1. The summed E-state index contributed by atoms with van der Waals surface area (Å²) in [5, 5.41) is 0. The summed E-state index contributed by atoms with van der Waals surface area (Å²) in [5.41, 5.74) is -2.70. The predicted octanol–water partition coefficient (Wildman–Crippen LogP) is 3.23. The van der Waals surface area contributed by atoms with E-state index >= 15 is 0 Å². The van der Waals surface area contributed by atoms with Crippen molar-refractivity contribution < 1.29 is 19.2 Å². The van der Waals surface area contributed by atoms with Gasteiger partial charge in [0.25, 0.3) is 0 Å². The number of amides is 2. The Bertz CT molecular complexity index is 869. The summed E-state index contributed by atoms with van der Waals surface area (Å²) in [4.78, 5) is 56.9. The van der Waals surface area contributed by atoms with E-state index in [0.717, 1.165) is 25.7 Å². The monoisotopic (exact) mass is 442 g/mol. The van der Waals surface area contributed by atoms with Gasteiger partial charge < -0.3 is 9.80 Å². The molecule has 5 fully saturated rings. The molecule has 1 aliphatic heterocycles. The molecular formula is C26H38N2O4. The number of Topliss-reactive ketones (excluding diaryl/α,β-unsaturated/α-hetero) is 2. The van der Waals surface area contributed by atoms with E-state index in [2.05, 4.69) is 27.7 Å². The number of piperazine rings is 1. The van der Waals surface area contributed by atoms with Crippen molar-refractivity contribution in [3.63, 3.8) is 0 Å². The first-order valence-electron chi connectivity index (χ1n) is 12.4. The molecule has 4 atom stereocenters. The Balaban J connectivity index is 1.32. The zero-order chi connectivity index (χ0) is 23.5. The minimum Gasteiger partial charge on any atom is -0.339 e. The van der Waals surface area contributed by atoms with Gasteiger partial charge in [-0.2, -0.15) is 0 Å². The number of hydrogen-bond donors (Lipinski definition) is 0. The fraction of sp³-hybridized carbons (Fsp3) is 0.846. The number of hydrogen-bond acceptors (Lipinski definition) is 4. The molecule has 4 saturated carbocycles. The largest absolute Gasteiger partial charge is 0.339 e. The van der Waals surface area contributed by atoms with Gasteiger partial charge in [-0.3, -0.25) is 19.2 Å². The zero-order valence-electron chi connectivity index (χ0n) is 20.6. The first-order valence-corrected chi connectivity index (χ1v) is 12.4. The third-order valence-corrected chi connectivity index (χ3v) is 12.1. The summed E-state index contributed by atoms with van der Waals surface area (Å²) in [7, 11) is 0. The van der Waals surface area contributed by atoms with Crippen LogP contribution < -0.4 is 0 Å². The number of carbonyl (C=O) groups is 4. The van der Waals surface area contributed by atoms with Gasteiger partial charge in [-0.1, -0.05) is 41.5 Å². The molecule has 0 spiro atoms. The fourth-order valence-corrected chi connectivity index (χ4v) is 8.38. The molecule has 176 valence electrons. The van der Waals surface area contributed by atoms with Gasteiger partial charge in [0.2, 0.25) is 11.8 Å². The van der Waals surface area contributed by atoms with Gasteiger partial charge in [-0.05, 0) is 36.5 Å². The highest BCUT2D eigenvalue weighted by molar-refractivity contribution is 6.01. The number of rotatable bonds is 2. The van der Waals surface area contributed by atoms with Crippen LogP contribution in [0.5, 0.6) is 0 Å². The lowest BCUT2D eigenvalue weighted by Crippen LogP contribution is -2.58. The molecule has 4 bridgehead atoms. The molecular weight excluding hydrogens is 404 g/mol. The summed E-state index contributed by atoms with van der Waals surface area (Å²) in [6.07, 6.45) is 3.83. The van der Waals surface area contributed by atoms with Crippen LogP contribution in [0.15, 0.2) is 0 Å². The summed E-state index contributed by atoms with van der Waals surface area (Å²) < 4.78 is 0. The molecule has 6 nitrogen and oxygen atoms in total. The molecule has 4 unspecified atom stereocenters. The highest BCUT2D eigenvalue weighted by atomic mass is 16.2. The molecule has 5 aliphatic rings. The Morgan fingerprint density at radius 2 is 0.906 bits per heavy atom. The second-order valence-corrected chi connectivity index (χ2v) is 12.9. The van der Waals surface area contributed by atoms with Crippen LogP contribution in [0.4, 0.5) is 0 Å². The normalized spacial score (nSPS) is 43.9. The highest BCUT2D eigenvalue weighted by Gasteiger charge is 2.74. The van der Waals surface area contributed by atoms with Crippen molar-refractivity contribution >= 4 is 23.4 Å². The summed E-state index contributed by atoms with van der Waals surface area (Å²) in [6, 6.07) is 0. The third kappa shape index (κ3) is 2.09. The van der Waals surface area contributed by atoms with Gasteiger partial charge in [0, 0.05) is 49.9 Å². The van der Waals surface area contributed by atoms with Crippen molar-refractivity contribution in [1.29, 1.82) is 0 Å². The van der Waals surface area contributed by atoms with E-state index in [0.29, 0.717) is 39.0 Å². The number of nitrogens with zero attached hydrogens (tertiary/aromatic N) is 2. The average molecular weight is 443 g/mol. The molecule has 0 aromatic carbocycles. The molecule has 1 heterocycles. The molecule has 2 amide bonds. The maximum absolute atomic E-state index is 13.8. The van der Waals surface area contributed by atoms with Crippen LogP contribution in [-0.4, -0.2) is 59.4 Å².